The Balaban J connectivity index is 1.57. The summed E-state index contributed by atoms with van der Waals surface area (Å²) in [6.07, 6.45) is -4.28. The topological polar surface area (TPSA) is 341 Å². The molecule has 2 aliphatic rings. The quantitative estimate of drug-likeness (QED) is 0.0606. The van der Waals surface area contributed by atoms with Gasteiger partial charge in [-0.3, -0.25) is 28.2 Å². The number of rotatable bonds is 19. The molecule has 26 heteroatoms. The highest BCUT2D eigenvalue weighted by Crippen LogP contribution is 2.61. The van der Waals surface area contributed by atoms with Crippen LogP contribution in [-0.2, 0) is 45.9 Å². The Bertz CT molecular complexity index is 1520. The second-order valence-corrected chi connectivity index (χ2v) is 16.6. The molecule has 0 spiro atoms. The normalized spacial score (nSPS) is 25.3. The first-order valence-electron chi connectivity index (χ1n) is 14.3. The Morgan fingerprint density at radius 2 is 1.78 bits per heavy atom. The van der Waals surface area contributed by atoms with Crippen molar-refractivity contribution >= 4 is 64.8 Å². The molecule has 49 heavy (non-hydrogen) atoms. The fourth-order valence-corrected chi connectivity index (χ4v) is 7.67. The van der Waals surface area contributed by atoms with Gasteiger partial charge >= 0.3 is 23.5 Å². The molecule has 3 rings (SSSR count). The number of hydrogen-bond acceptors (Lipinski definition) is 17. The van der Waals surface area contributed by atoms with Crippen molar-refractivity contribution in [3.63, 3.8) is 0 Å². The molecule has 2 aliphatic heterocycles. The fraction of sp³-hybridized carbons (Fsp3) is 0.696. The number of nitrogens with zero attached hydrogens (tertiary/aromatic N) is 3. The van der Waals surface area contributed by atoms with Crippen LogP contribution in [-0.4, -0.2) is 127 Å². The van der Waals surface area contributed by atoms with Crippen LogP contribution in [0.25, 0.3) is 0 Å². The van der Waals surface area contributed by atoms with Crippen molar-refractivity contribution in [1.29, 1.82) is 0 Å². The molecule has 0 aliphatic carbocycles. The smallest absolute Gasteiger partial charge is 0.388 e. The molecule has 3 heterocycles. The summed E-state index contributed by atoms with van der Waals surface area (Å²) in [6, 6.07) is 0. The van der Waals surface area contributed by atoms with Crippen LogP contribution in [0.1, 0.15) is 31.9 Å². The number of nitrogens with two attached hydrogens (primary N) is 1. The van der Waals surface area contributed by atoms with Gasteiger partial charge in [0.05, 0.1) is 24.8 Å². The number of phosphoric ester groups is 3. The molecule has 10 N–H and O–H groups in total. The van der Waals surface area contributed by atoms with Gasteiger partial charge in [0.15, 0.2) is 5.82 Å². The molecule has 8 atom stereocenters. The third kappa shape index (κ3) is 12.1. The number of aliphatic hydroxyl groups excluding tert-OH is 2. The van der Waals surface area contributed by atoms with Gasteiger partial charge in [0, 0.05) is 36.9 Å². The average Bonchev–Trinajstić information content (AvgIpc) is 3.55. The zero-order valence-corrected chi connectivity index (χ0v) is 29.8. The number of aliphatic imine (C=N–C) groups is 1. The lowest BCUT2D eigenvalue weighted by molar-refractivity contribution is -0.137. The molecule has 278 valence electrons. The van der Waals surface area contributed by atoms with E-state index < -0.39 is 84.4 Å². The number of ether oxygens (including phenoxy) is 1. The first-order chi connectivity index (χ1) is 22.7. The summed E-state index contributed by atoms with van der Waals surface area (Å²) in [6.45, 7) is 0.940. The highest BCUT2D eigenvalue weighted by atomic mass is 32.2. The van der Waals surface area contributed by atoms with Crippen molar-refractivity contribution < 1.29 is 75.7 Å². The lowest BCUT2D eigenvalue weighted by Gasteiger charge is -2.30. The molecule has 1 fully saturated rings. The summed E-state index contributed by atoms with van der Waals surface area (Å²) in [5.74, 6) is -1.47. The lowest BCUT2D eigenvalue weighted by Crippen LogP contribution is -2.46. The first-order valence-corrected chi connectivity index (χ1v) is 20.2. The second kappa shape index (κ2) is 17.1. The van der Waals surface area contributed by atoms with E-state index in [1.807, 2.05) is 6.26 Å². The van der Waals surface area contributed by atoms with Crippen LogP contribution >= 0.6 is 35.2 Å². The van der Waals surface area contributed by atoms with Crippen LogP contribution in [0.5, 0.6) is 0 Å². The molecule has 22 nitrogen and oxygen atoms in total. The lowest BCUT2D eigenvalue weighted by atomic mass is 9.87. The number of carbonyl (C=O) groups excluding carboxylic acids is 2. The number of aromatic nitrogens is 2. The molecule has 1 aromatic rings. The van der Waals surface area contributed by atoms with Gasteiger partial charge in [0.1, 0.15) is 42.5 Å². The summed E-state index contributed by atoms with van der Waals surface area (Å²) in [7, 11) is -16.3. The highest BCUT2D eigenvalue weighted by molar-refractivity contribution is 7.98. The Hall–Kier alpha value is -1.91. The third-order valence-corrected chi connectivity index (χ3v) is 10.7. The zero-order chi connectivity index (χ0) is 36.8. The maximum atomic E-state index is 12.6. The number of anilines is 1. The minimum atomic E-state index is -5.52. The number of aliphatic hydroxyl groups is 2. The molecule has 0 saturated carbocycles. The summed E-state index contributed by atoms with van der Waals surface area (Å²) in [5, 5.41) is 26.3. The first kappa shape index (κ1) is 41.5. The molecule has 0 aromatic carbocycles. The molecule has 8 unspecified atom stereocenters. The third-order valence-electron chi connectivity index (χ3n) is 7.02. The van der Waals surface area contributed by atoms with Crippen molar-refractivity contribution in [2.24, 2.45) is 10.4 Å². The minimum absolute atomic E-state index is 0.00713. The predicted octanol–water partition coefficient (Wildman–Crippen LogP) is -0.912. The second-order valence-electron chi connectivity index (χ2n) is 11.3. The summed E-state index contributed by atoms with van der Waals surface area (Å²) in [5.41, 5.74) is 4.59. The van der Waals surface area contributed by atoms with E-state index in [9.17, 15) is 53.1 Å². The van der Waals surface area contributed by atoms with E-state index >= 15 is 0 Å². The van der Waals surface area contributed by atoms with E-state index in [2.05, 4.69) is 34.4 Å². The van der Waals surface area contributed by atoms with Crippen molar-refractivity contribution in [3.8, 4) is 0 Å². The monoisotopic (exact) mass is 780 g/mol. The summed E-state index contributed by atoms with van der Waals surface area (Å²) < 4.78 is 60.9. The van der Waals surface area contributed by atoms with Gasteiger partial charge in [-0.1, -0.05) is 13.8 Å². The van der Waals surface area contributed by atoms with E-state index in [1.165, 1.54) is 31.8 Å². The number of fused-ring (bicyclic) bond motifs is 1. The molecule has 1 aromatic heterocycles. The SMILES string of the molecule is CSCCNC(=O)CCNC(=O)C(O)C(C)(C)COP(=O)(O)OP(=O)(O)OCC1OC(C2C=Nc3c(N)ncnc32)C(O)C1OP(=O)(O)O. The van der Waals surface area contributed by atoms with Crippen molar-refractivity contribution in [1.82, 2.24) is 20.6 Å². The van der Waals surface area contributed by atoms with E-state index in [4.69, 9.17) is 19.5 Å². The Labute approximate surface area is 284 Å². The standard InChI is InChI=1S/C23H39N6O16P3S/c1-23(2,20(32)22(33)26-5-4-14(30)25-6-7-49-3)10-42-48(39,40)45-47(37,38)41-9-13-19(44-46(34,35)36)17(31)18(43-13)12-8-27-16-15(12)28-11-29-21(16)24/h8,11-13,17-20,31-32H,4-7,9-10H2,1-3H3,(H,25,30)(H,26,33)(H,37,38)(H,39,40)(H2,24,28,29)(H2,34,35,36). The van der Waals surface area contributed by atoms with Crippen molar-refractivity contribution in [2.45, 2.75) is 56.7 Å². The zero-order valence-electron chi connectivity index (χ0n) is 26.3. The number of phosphoric acid groups is 3. The van der Waals surface area contributed by atoms with Gasteiger partial charge in [-0.25, -0.2) is 23.7 Å². The van der Waals surface area contributed by atoms with Crippen LogP contribution in [0.15, 0.2) is 11.3 Å². The van der Waals surface area contributed by atoms with Gasteiger partial charge in [-0.05, 0) is 6.26 Å². The highest BCUT2D eigenvalue weighted by Gasteiger charge is 2.52. The van der Waals surface area contributed by atoms with Crippen molar-refractivity contribution in [3.05, 3.63) is 12.0 Å². The Morgan fingerprint density at radius 1 is 1.10 bits per heavy atom. The summed E-state index contributed by atoms with van der Waals surface area (Å²) in [4.78, 5) is 75.1. The molecule has 0 bridgehead atoms. The number of nitrogen functional groups attached to an aromatic ring is 1. The van der Waals surface area contributed by atoms with Gasteiger partial charge < -0.3 is 50.9 Å². The molecule has 0 radical (unpaired) electrons. The Morgan fingerprint density at radius 3 is 2.43 bits per heavy atom. The maximum Gasteiger partial charge on any atom is 0.481 e. The van der Waals surface area contributed by atoms with Crippen LogP contribution in [0.4, 0.5) is 11.5 Å². The van der Waals surface area contributed by atoms with E-state index in [1.54, 1.807) is 0 Å². The van der Waals surface area contributed by atoms with Gasteiger partial charge in [-0.2, -0.15) is 16.1 Å². The van der Waals surface area contributed by atoms with E-state index in [0.29, 0.717) is 12.3 Å². The van der Waals surface area contributed by atoms with Crippen LogP contribution in [0.2, 0.25) is 0 Å². The average molecular weight is 781 g/mol. The van der Waals surface area contributed by atoms with Crippen LogP contribution in [0, 0.1) is 5.41 Å². The predicted molar refractivity (Wildman–Crippen MR) is 170 cm³/mol. The maximum absolute atomic E-state index is 12.6. The largest absolute Gasteiger partial charge is 0.481 e. The van der Waals surface area contributed by atoms with Crippen LogP contribution < -0.4 is 16.4 Å². The Kier molecular flexibility index (Phi) is 14.5. The van der Waals surface area contributed by atoms with Crippen molar-refractivity contribution in [2.75, 3.05) is 44.0 Å². The molecular weight excluding hydrogens is 741 g/mol. The van der Waals surface area contributed by atoms with Gasteiger partial charge in [-0.15, -0.1) is 0 Å². The molecular formula is C23H39N6O16P3S. The van der Waals surface area contributed by atoms with Crippen LogP contribution in [0.3, 0.4) is 0 Å². The van der Waals surface area contributed by atoms with Gasteiger partial charge in [0.2, 0.25) is 11.8 Å². The van der Waals surface area contributed by atoms with E-state index in [-0.39, 0.29) is 36.1 Å². The molecule has 2 amide bonds. The number of nitrogens with one attached hydrogen (secondary N) is 2. The van der Waals surface area contributed by atoms with Gasteiger partial charge in [0.25, 0.3) is 0 Å². The molecule has 1 saturated heterocycles. The number of thioether (sulfide) groups is 1. The number of carbonyl (C=O) groups is 2. The van der Waals surface area contributed by atoms with E-state index in [0.717, 1.165) is 6.33 Å². The summed E-state index contributed by atoms with van der Waals surface area (Å²) >= 11 is 1.54. The number of amides is 2. The minimum Gasteiger partial charge on any atom is -0.388 e. The number of hydrogen-bond donors (Lipinski definition) is 9. The fourth-order valence-electron chi connectivity index (χ4n) is 4.54.